The molecule has 0 saturated heterocycles. The van der Waals surface area contributed by atoms with Gasteiger partial charge in [-0.1, -0.05) is 13.0 Å². The molecule has 0 saturated carbocycles. The van der Waals surface area contributed by atoms with E-state index in [0.717, 1.165) is 19.2 Å². The molecule has 0 aliphatic rings. The van der Waals surface area contributed by atoms with Crippen molar-refractivity contribution in [1.82, 2.24) is 5.32 Å². The predicted molar refractivity (Wildman–Crippen MR) is 78.3 cm³/mol. The van der Waals surface area contributed by atoms with Gasteiger partial charge in [0.25, 0.3) is 0 Å². The Morgan fingerprint density at radius 3 is 2.65 bits per heavy atom. The van der Waals surface area contributed by atoms with E-state index >= 15 is 0 Å². The maximum Gasteiger partial charge on any atom is 0.150 e. The van der Waals surface area contributed by atoms with Crippen LogP contribution in [0.3, 0.4) is 0 Å². The highest BCUT2D eigenvalue weighted by molar-refractivity contribution is 7.90. The van der Waals surface area contributed by atoms with Crippen LogP contribution < -0.4 is 10.1 Å². The van der Waals surface area contributed by atoms with Gasteiger partial charge in [-0.3, -0.25) is 0 Å². The average molecular weight is 303 g/mol. The molecule has 0 bridgehead atoms. The Kier molecular flexibility index (Phi) is 6.42. The molecular formula is C14H22FNO3S. The van der Waals surface area contributed by atoms with Gasteiger partial charge in [-0.25, -0.2) is 12.8 Å². The van der Waals surface area contributed by atoms with Gasteiger partial charge in [-0.2, -0.15) is 0 Å². The Hall–Kier alpha value is -1.14. The van der Waals surface area contributed by atoms with E-state index in [1.165, 1.54) is 6.07 Å². The summed E-state index contributed by atoms with van der Waals surface area (Å²) in [6.45, 7) is 4.81. The van der Waals surface area contributed by atoms with Crippen LogP contribution in [0.1, 0.15) is 31.9 Å². The van der Waals surface area contributed by atoms with E-state index in [1.807, 2.05) is 6.92 Å². The third-order valence-electron chi connectivity index (χ3n) is 2.86. The molecule has 0 radical (unpaired) electrons. The average Bonchev–Trinajstić information content (AvgIpc) is 2.34. The molecule has 20 heavy (non-hydrogen) atoms. The minimum absolute atomic E-state index is 0.0290. The van der Waals surface area contributed by atoms with E-state index in [4.69, 9.17) is 4.74 Å². The molecule has 0 aromatic heterocycles. The van der Waals surface area contributed by atoms with Crippen LogP contribution in [-0.2, 0) is 9.84 Å². The van der Waals surface area contributed by atoms with E-state index in [2.05, 4.69) is 12.2 Å². The molecule has 0 amide bonds. The highest BCUT2D eigenvalue weighted by atomic mass is 32.2. The molecule has 6 heteroatoms. The second-order valence-electron chi connectivity index (χ2n) is 4.84. The molecule has 0 aliphatic heterocycles. The maximum atomic E-state index is 14.0. The molecule has 0 aliphatic carbocycles. The second kappa shape index (κ2) is 7.59. The van der Waals surface area contributed by atoms with Crippen LogP contribution in [0, 0.1) is 5.82 Å². The molecule has 1 aromatic carbocycles. The van der Waals surface area contributed by atoms with Crippen molar-refractivity contribution in [2.75, 3.05) is 25.2 Å². The molecule has 1 N–H and O–H groups in total. The lowest BCUT2D eigenvalue weighted by molar-refractivity contribution is 0.338. The molecule has 0 spiro atoms. The van der Waals surface area contributed by atoms with Crippen LogP contribution in [0.25, 0.3) is 0 Å². The van der Waals surface area contributed by atoms with Crippen molar-refractivity contribution in [2.24, 2.45) is 0 Å². The van der Waals surface area contributed by atoms with Gasteiger partial charge >= 0.3 is 0 Å². The first-order valence-electron chi connectivity index (χ1n) is 6.67. The molecule has 1 rings (SSSR count). The number of halogens is 1. The van der Waals surface area contributed by atoms with E-state index in [0.29, 0.717) is 11.3 Å². The fourth-order valence-corrected chi connectivity index (χ4v) is 2.12. The van der Waals surface area contributed by atoms with Crippen LogP contribution >= 0.6 is 0 Å². The summed E-state index contributed by atoms with van der Waals surface area (Å²) in [7, 11) is -3.07. The zero-order valence-corrected chi connectivity index (χ0v) is 13.0. The van der Waals surface area contributed by atoms with Crippen molar-refractivity contribution in [1.29, 1.82) is 0 Å². The summed E-state index contributed by atoms with van der Waals surface area (Å²) in [6.07, 6.45) is 2.12. The van der Waals surface area contributed by atoms with Crippen molar-refractivity contribution >= 4 is 9.84 Å². The quantitative estimate of drug-likeness (QED) is 0.800. The summed E-state index contributed by atoms with van der Waals surface area (Å²) in [5.41, 5.74) is 0.578. The Morgan fingerprint density at radius 2 is 2.10 bits per heavy atom. The summed E-state index contributed by atoms with van der Waals surface area (Å²) >= 11 is 0. The molecule has 114 valence electrons. The lowest BCUT2D eigenvalue weighted by Crippen LogP contribution is -2.20. The van der Waals surface area contributed by atoms with Crippen molar-refractivity contribution in [2.45, 2.75) is 26.3 Å². The van der Waals surface area contributed by atoms with Crippen LogP contribution in [0.4, 0.5) is 4.39 Å². The zero-order chi connectivity index (χ0) is 15.2. The normalized spacial score (nSPS) is 13.2. The molecular weight excluding hydrogens is 281 g/mol. The molecule has 0 fully saturated rings. The Bertz CT molecular complexity index is 531. The Morgan fingerprint density at radius 1 is 1.40 bits per heavy atom. The molecule has 1 aromatic rings. The summed E-state index contributed by atoms with van der Waals surface area (Å²) in [5.74, 6) is -0.0827. The standard InChI is InChI=1S/C14H22FNO3S/c1-4-7-16-11(2)13-6-5-12(10-14(13)15)19-8-9-20(3,17)18/h5-6,10-11,16H,4,7-9H2,1-3H3. The maximum absolute atomic E-state index is 14.0. The highest BCUT2D eigenvalue weighted by Crippen LogP contribution is 2.21. The third-order valence-corrected chi connectivity index (χ3v) is 3.77. The monoisotopic (exact) mass is 303 g/mol. The highest BCUT2D eigenvalue weighted by Gasteiger charge is 2.11. The Labute approximate surface area is 120 Å². The minimum Gasteiger partial charge on any atom is -0.492 e. The lowest BCUT2D eigenvalue weighted by Gasteiger charge is -2.15. The van der Waals surface area contributed by atoms with Gasteiger partial charge in [0.1, 0.15) is 18.2 Å². The molecule has 1 atom stereocenters. The fourth-order valence-electron chi connectivity index (χ4n) is 1.73. The number of nitrogens with one attached hydrogen (secondary N) is 1. The lowest BCUT2D eigenvalue weighted by atomic mass is 10.1. The predicted octanol–water partition coefficient (Wildman–Crippen LogP) is 2.31. The number of hydrogen-bond acceptors (Lipinski definition) is 4. The van der Waals surface area contributed by atoms with Gasteiger partial charge in [0.05, 0.1) is 5.75 Å². The minimum atomic E-state index is -3.07. The molecule has 1 unspecified atom stereocenters. The topological polar surface area (TPSA) is 55.4 Å². The first-order chi connectivity index (χ1) is 9.33. The summed E-state index contributed by atoms with van der Waals surface area (Å²) in [5, 5.41) is 3.21. The van der Waals surface area contributed by atoms with E-state index in [1.54, 1.807) is 12.1 Å². The molecule has 0 heterocycles. The van der Waals surface area contributed by atoms with Crippen molar-refractivity contribution in [3.05, 3.63) is 29.6 Å². The van der Waals surface area contributed by atoms with Crippen LogP contribution in [-0.4, -0.2) is 33.6 Å². The van der Waals surface area contributed by atoms with Crippen molar-refractivity contribution < 1.29 is 17.5 Å². The van der Waals surface area contributed by atoms with E-state index < -0.39 is 9.84 Å². The van der Waals surface area contributed by atoms with E-state index in [9.17, 15) is 12.8 Å². The third kappa shape index (κ3) is 5.88. The van der Waals surface area contributed by atoms with Gasteiger partial charge in [0.2, 0.25) is 0 Å². The second-order valence-corrected chi connectivity index (χ2v) is 7.10. The van der Waals surface area contributed by atoms with Crippen molar-refractivity contribution in [3.63, 3.8) is 0 Å². The first-order valence-corrected chi connectivity index (χ1v) is 8.73. The van der Waals surface area contributed by atoms with Crippen molar-refractivity contribution in [3.8, 4) is 5.75 Å². The number of benzene rings is 1. The summed E-state index contributed by atoms with van der Waals surface area (Å²) in [6, 6.07) is 4.55. The number of hydrogen-bond donors (Lipinski definition) is 1. The van der Waals surface area contributed by atoms with Gasteiger partial charge in [0.15, 0.2) is 9.84 Å². The molecule has 4 nitrogen and oxygen atoms in total. The van der Waals surface area contributed by atoms with Gasteiger partial charge in [-0.05, 0) is 26.0 Å². The summed E-state index contributed by atoms with van der Waals surface area (Å²) < 4.78 is 41.1. The zero-order valence-electron chi connectivity index (χ0n) is 12.1. The SMILES string of the molecule is CCCNC(C)c1ccc(OCCS(C)(=O)=O)cc1F. The Balaban J connectivity index is 2.63. The van der Waals surface area contributed by atoms with Crippen LogP contribution in [0.2, 0.25) is 0 Å². The summed E-state index contributed by atoms with van der Waals surface area (Å²) in [4.78, 5) is 0. The fraction of sp³-hybridized carbons (Fsp3) is 0.571. The van der Waals surface area contributed by atoms with E-state index in [-0.39, 0.29) is 24.2 Å². The van der Waals surface area contributed by atoms with Gasteiger partial charge < -0.3 is 10.1 Å². The number of rotatable bonds is 8. The number of ether oxygens (including phenoxy) is 1. The van der Waals surface area contributed by atoms with Crippen LogP contribution in [0.5, 0.6) is 5.75 Å². The van der Waals surface area contributed by atoms with Gasteiger partial charge in [0, 0.05) is 23.9 Å². The van der Waals surface area contributed by atoms with Gasteiger partial charge in [-0.15, -0.1) is 0 Å². The largest absolute Gasteiger partial charge is 0.492 e. The van der Waals surface area contributed by atoms with Crippen LogP contribution in [0.15, 0.2) is 18.2 Å². The first kappa shape index (κ1) is 16.9. The number of sulfone groups is 1. The smallest absolute Gasteiger partial charge is 0.150 e.